The normalized spacial score (nSPS) is 14.7. The molecule has 0 saturated heterocycles. The van der Waals surface area contributed by atoms with Gasteiger partial charge in [-0.15, -0.1) is 0 Å². The molecule has 2 atom stereocenters. The Bertz CT molecular complexity index is 1040. The number of sulfone groups is 1. The van der Waals surface area contributed by atoms with Crippen molar-refractivity contribution in [3.63, 3.8) is 0 Å². The van der Waals surface area contributed by atoms with Gasteiger partial charge in [-0.2, -0.15) is 0 Å². The molecule has 3 N–H and O–H groups in total. The van der Waals surface area contributed by atoms with E-state index < -0.39 is 26.6 Å². The summed E-state index contributed by atoms with van der Waals surface area (Å²) < 4.78 is 28.7. The van der Waals surface area contributed by atoms with Crippen molar-refractivity contribution in [1.29, 1.82) is 0 Å². The summed E-state index contributed by atoms with van der Waals surface area (Å²) >= 11 is 0. The van der Waals surface area contributed by atoms with Crippen molar-refractivity contribution in [2.45, 2.75) is 30.7 Å². The molecule has 0 aliphatic carbocycles. The van der Waals surface area contributed by atoms with Crippen LogP contribution < -0.4 is 11.0 Å². The van der Waals surface area contributed by atoms with Gasteiger partial charge in [0.2, 0.25) is 0 Å². The van der Waals surface area contributed by atoms with Crippen LogP contribution in [0, 0.1) is 0 Å². The van der Waals surface area contributed by atoms with Gasteiger partial charge in [-0.3, -0.25) is 14.8 Å². The minimum absolute atomic E-state index is 0.0267. The lowest BCUT2D eigenvalue weighted by Gasteiger charge is -2.25. The van der Waals surface area contributed by atoms with Gasteiger partial charge in [0, 0.05) is 32.2 Å². The van der Waals surface area contributed by atoms with Crippen molar-refractivity contribution in [3.8, 4) is 11.1 Å². The molecule has 164 valence electrons. The average molecular weight is 439 g/mol. The molecular weight excluding hydrogens is 412 g/mol. The first-order valence-corrected chi connectivity index (χ1v) is 11.0. The van der Waals surface area contributed by atoms with E-state index in [-0.39, 0.29) is 25.1 Å². The van der Waals surface area contributed by atoms with Gasteiger partial charge in [-0.25, -0.2) is 13.9 Å². The average Bonchev–Trinajstić information content (AvgIpc) is 2.72. The van der Waals surface area contributed by atoms with Crippen molar-refractivity contribution in [3.05, 3.63) is 58.5 Å². The minimum Gasteiger partial charge on any atom is -0.393 e. The molecule has 1 aromatic heterocycles. The number of benzene rings is 1. The van der Waals surface area contributed by atoms with Crippen LogP contribution in [0.4, 0.5) is 0 Å². The second-order valence-electron chi connectivity index (χ2n) is 7.17. The van der Waals surface area contributed by atoms with Gasteiger partial charge >= 0.3 is 0 Å². The van der Waals surface area contributed by atoms with Crippen LogP contribution in [0.1, 0.15) is 25.0 Å². The maximum atomic E-state index is 12.5. The van der Waals surface area contributed by atoms with Gasteiger partial charge in [0.05, 0.1) is 6.61 Å². The van der Waals surface area contributed by atoms with Crippen LogP contribution in [-0.4, -0.2) is 53.9 Å². The SMILES string of the molecule is COC(CO)c1ccc(-c2ccn(CCC(C)(C(=O)NO)S(C)(=O)=O)c(=O)c2)cc1. The third kappa shape index (κ3) is 4.96. The third-order valence-corrected chi connectivity index (χ3v) is 7.32. The Balaban J connectivity index is 2.23. The highest BCUT2D eigenvalue weighted by atomic mass is 32.2. The Morgan fingerprint density at radius 3 is 2.33 bits per heavy atom. The van der Waals surface area contributed by atoms with E-state index >= 15 is 0 Å². The van der Waals surface area contributed by atoms with Crippen LogP contribution in [0.3, 0.4) is 0 Å². The summed E-state index contributed by atoms with van der Waals surface area (Å²) in [6.07, 6.45) is 1.82. The molecule has 1 heterocycles. The number of carbonyl (C=O) groups excluding carboxylic acids is 1. The van der Waals surface area contributed by atoms with E-state index in [2.05, 4.69) is 0 Å². The Morgan fingerprint density at radius 1 is 1.23 bits per heavy atom. The van der Waals surface area contributed by atoms with E-state index in [0.29, 0.717) is 5.56 Å². The molecule has 2 aromatic rings. The van der Waals surface area contributed by atoms with Gasteiger partial charge in [-0.05, 0) is 36.1 Å². The first-order valence-electron chi connectivity index (χ1n) is 9.16. The predicted molar refractivity (Wildman–Crippen MR) is 111 cm³/mol. The summed E-state index contributed by atoms with van der Waals surface area (Å²) in [5.74, 6) is -1.05. The highest BCUT2D eigenvalue weighted by molar-refractivity contribution is 7.92. The van der Waals surface area contributed by atoms with E-state index in [1.54, 1.807) is 18.2 Å². The molecular formula is C20H26N2O7S. The quantitative estimate of drug-likeness (QED) is 0.391. The molecule has 30 heavy (non-hydrogen) atoms. The molecule has 1 amide bonds. The number of carbonyl (C=O) groups is 1. The summed E-state index contributed by atoms with van der Waals surface area (Å²) in [7, 11) is -2.33. The number of aliphatic hydroxyl groups is 1. The Hall–Kier alpha value is -2.53. The van der Waals surface area contributed by atoms with Crippen LogP contribution in [-0.2, 0) is 25.9 Å². The topological polar surface area (TPSA) is 135 Å². The summed E-state index contributed by atoms with van der Waals surface area (Å²) in [4.78, 5) is 24.4. The molecule has 0 fully saturated rings. The van der Waals surface area contributed by atoms with Gasteiger partial charge in [0.25, 0.3) is 11.5 Å². The second-order valence-corrected chi connectivity index (χ2v) is 9.62. The number of nitrogens with zero attached hydrogens (tertiary/aromatic N) is 1. The van der Waals surface area contributed by atoms with E-state index in [4.69, 9.17) is 9.94 Å². The number of amides is 1. The highest BCUT2D eigenvalue weighted by Crippen LogP contribution is 2.24. The smallest absolute Gasteiger partial charge is 0.264 e. The fourth-order valence-corrected chi connectivity index (χ4v) is 3.84. The summed E-state index contributed by atoms with van der Waals surface area (Å²) in [5, 5.41) is 18.2. The Morgan fingerprint density at radius 2 is 1.87 bits per heavy atom. The zero-order chi connectivity index (χ0) is 22.5. The van der Waals surface area contributed by atoms with Gasteiger partial charge in [0.1, 0.15) is 6.10 Å². The summed E-state index contributed by atoms with van der Waals surface area (Å²) in [5.41, 5.74) is 3.28. The zero-order valence-corrected chi connectivity index (χ0v) is 17.8. The number of hydroxylamine groups is 1. The lowest BCUT2D eigenvalue weighted by Crippen LogP contribution is -2.49. The number of aromatic nitrogens is 1. The van der Waals surface area contributed by atoms with Crippen LogP contribution >= 0.6 is 0 Å². The van der Waals surface area contributed by atoms with Crippen molar-refractivity contribution >= 4 is 15.7 Å². The molecule has 10 heteroatoms. The summed E-state index contributed by atoms with van der Waals surface area (Å²) in [6.45, 7) is 1.03. The van der Waals surface area contributed by atoms with Crippen molar-refractivity contribution in [2.24, 2.45) is 0 Å². The number of aliphatic hydroxyl groups excluding tert-OH is 1. The zero-order valence-electron chi connectivity index (χ0n) is 17.0. The second kappa shape index (κ2) is 9.52. The standard InChI is InChI=1S/C20H26N2O7S/c1-20(19(25)21-26,30(3,27)28)9-11-22-10-8-16(12-18(22)24)14-4-6-15(7-5-14)17(13-23)29-2/h4-8,10,12,17,23,26H,9,11,13H2,1-3H3,(H,21,25). The van der Waals surface area contributed by atoms with Crippen LogP contribution in [0.25, 0.3) is 11.1 Å². The number of rotatable bonds is 9. The van der Waals surface area contributed by atoms with Gasteiger partial charge < -0.3 is 14.4 Å². The first kappa shape index (κ1) is 23.7. The van der Waals surface area contributed by atoms with E-state index in [0.717, 1.165) is 17.4 Å². The van der Waals surface area contributed by atoms with E-state index in [9.17, 15) is 23.1 Å². The third-order valence-electron chi connectivity index (χ3n) is 5.29. The lowest BCUT2D eigenvalue weighted by atomic mass is 10.0. The fraction of sp³-hybridized carbons (Fsp3) is 0.400. The molecule has 9 nitrogen and oxygen atoms in total. The summed E-state index contributed by atoms with van der Waals surface area (Å²) in [6, 6.07) is 10.3. The number of methoxy groups -OCH3 is 1. The molecule has 2 rings (SSSR count). The van der Waals surface area contributed by atoms with Gasteiger partial charge in [-0.1, -0.05) is 24.3 Å². The number of pyridine rings is 1. The molecule has 0 spiro atoms. The van der Waals surface area contributed by atoms with Crippen molar-refractivity contribution < 1.29 is 28.3 Å². The number of hydrogen-bond donors (Lipinski definition) is 3. The van der Waals surface area contributed by atoms with Crippen molar-refractivity contribution in [1.82, 2.24) is 10.0 Å². The van der Waals surface area contributed by atoms with E-state index in [1.165, 1.54) is 36.3 Å². The number of nitrogens with one attached hydrogen (secondary N) is 1. The molecule has 0 radical (unpaired) electrons. The largest absolute Gasteiger partial charge is 0.393 e. The number of ether oxygens (including phenoxy) is 1. The fourth-order valence-electron chi connectivity index (χ4n) is 3.00. The van der Waals surface area contributed by atoms with Crippen LogP contribution in [0.5, 0.6) is 0 Å². The maximum Gasteiger partial charge on any atom is 0.264 e. The molecule has 0 aliphatic heterocycles. The van der Waals surface area contributed by atoms with Gasteiger partial charge in [0.15, 0.2) is 14.6 Å². The predicted octanol–water partition coefficient (Wildman–Crippen LogP) is 0.894. The monoisotopic (exact) mass is 438 g/mol. The Labute approximate surface area is 174 Å². The maximum absolute atomic E-state index is 12.5. The van der Waals surface area contributed by atoms with Crippen LogP contribution in [0.2, 0.25) is 0 Å². The van der Waals surface area contributed by atoms with Crippen molar-refractivity contribution in [2.75, 3.05) is 20.0 Å². The molecule has 1 aromatic carbocycles. The molecule has 2 unspecified atom stereocenters. The molecule has 0 aliphatic rings. The first-order chi connectivity index (χ1) is 14.1. The highest BCUT2D eigenvalue weighted by Gasteiger charge is 2.43. The molecule has 0 saturated carbocycles. The van der Waals surface area contributed by atoms with E-state index in [1.807, 2.05) is 12.1 Å². The number of hydrogen-bond acceptors (Lipinski definition) is 7. The Kier molecular flexibility index (Phi) is 7.54. The van der Waals surface area contributed by atoms with Crippen LogP contribution in [0.15, 0.2) is 47.4 Å². The minimum atomic E-state index is -3.84. The lowest BCUT2D eigenvalue weighted by molar-refractivity contribution is -0.131. The number of aryl methyl sites for hydroxylation is 1. The molecule has 0 bridgehead atoms.